The Morgan fingerprint density at radius 2 is 1.53 bits per heavy atom. The van der Waals surface area contributed by atoms with Crippen LogP contribution in [0.4, 0.5) is 5.69 Å². The van der Waals surface area contributed by atoms with E-state index >= 15 is 0 Å². The van der Waals surface area contributed by atoms with Gasteiger partial charge in [0.05, 0.1) is 7.11 Å². The van der Waals surface area contributed by atoms with Crippen molar-refractivity contribution in [2.24, 2.45) is 11.7 Å². The summed E-state index contributed by atoms with van der Waals surface area (Å²) in [6.07, 6.45) is 16.7. The molecule has 0 aliphatic heterocycles. The van der Waals surface area contributed by atoms with E-state index in [1.165, 1.54) is 82.3 Å². The van der Waals surface area contributed by atoms with Crippen LogP contribution in [0.3, 0.4) is 0 Å². The van der Waals surface area contributed by atoms with Gasteiger partial charge in [-0.3, -0.25) is 9.59 Å². The van der Waals surface area contributed by atoms with Crippen molar-refractivity contribution in [2.75, 3.05) is 19.1 Å². The van der Waals surface area contributed by atoms with Gasteiger partial charge in [-0.15, -0.1) is 0 Å². The van der Waals surface area contributed by atoms with Crippen molar-refractivity contribution in [3.8, 4) is 17.0 Å². The van der Waals surface area contributed by atoms with E-state index in [0.29, 0.717) is 5.92 Å². The fourth-order valence-electron chi connectivity index (χ4n) is 6.15. The molecule has 0 atom stereocenters. The summed E-state index contributed by atoms with van der Waals surface area (Å²) in [5.74, 6) is 3.25. The van der Waals surface area contributed by atoms with Gasteiger partial charge in [0.15, 0.2) is 5.89 Å². The second kappa shape index (κ2) is 18.4. The number of hydrogen-bond acceptors (Lipinski definition) is 5. The Bertz CT molecular complexity index is 1340. The van der Waals surface area contributed by atoms with Crippen LogP contribution in [-0.2, 0) is 9.59 Å². The molecule has 0 bridgehead atoms. The molecule has 0 saturated heterocycles. The van der Waals surface area contributed by atoms with Gasteiger partial charge in [0.1, 0.15) is 17.7 Å². The van der Waals surface area contributed by atoms with Crippen molar-refractivity contribution in [1.82, 2.24) is 4.98 Å². The van der Waals surface area contributed by atoms with Gasteiger partial charge in [-0.2, -0.15) is 0 Å². The van der Waals surface area contributed by atoms with Gasteiger partial charge in [-0.1, -0.05) is 76.6 Å². The van der Waals surface area contributed by atoms with Crippen LogP contribution in [0.15, 0.2) is 53.1 Å². The number of amides is 2. The lowest BCUT2D eigenvalue weighted by atomic mass is 9.83. The lowest BCUT2D eigenvalue weighted by Crippen LogP contribution is -2.33. The SMILES string of the molecule is CC.CC(N)=O.CN(C(=O)C1CCCCC1)c1cccc(-c2coc(C3CC3)n2)c1.COc1ccc(C2CCCCC2)cc1C.[HH]. The zero-order valence-electron chi connectivity index (χ0n) is 28.4. The molecule has 7 nitrogen and oxygen atoms in total. The molecule has 2 aromatic carbocycles. The molecule has 3 aliphatic rings. The zero-order chi connectivity index (χ0) is 32.8. The molecule has 0 spiro atoms. The number of nitrogens with zero attached hydrogens (tertiary/aromatic N) is 2. The minimum atomic E-state index is -0.333. The van der Waals surface area contributed by atoms with E-state index < -0.39 is 0 Å². The van der Waals surface area contributed by atoms with Gasteiger partial charge in [0.2, 0.25) is 11.8 Å². The van der Waals surface area contributed by atoms with Crippen molar-refractivity contribution >= 4 is 17.5 Å². The fraction of sp³-hybridized carbons (Fsp3) is 0.553. The molecular formula is C38H57N3O4. The molecule has 2 amide bonds. The van der Waals surface area contributed by atoms with E-state index in [0.717, 1.165) is 47.3 Å². The molecule has 6 rings (SSSR count). The van der Waals surface area contributed by atoms with Crippen molar-refractivity contribution in [3.63, 3.8) is 0 Å². The maximum atomic E-state index is 12.7. The molecule has 45 heavy (non-hydrogen) atoms. The third-order valence-electron chi connectivity index (χ3n) is 8.76. The molecule has 7 heteroatoms. The van der Waals surface area contributed by atoms with Gasteiger partial charge in [-0.05, 0) is 80.7 Å². The minimum absolute atomic E-state index is 0. The van der Waals surface area contributed by atoms with E-state index in [4.69, 9.17) is 9.15 Å². The minimum Gasteiger partial charge on any atom is -0.496 e. The number of benzene rings is 2. The third-order valence-corrected chi connectivity index (χ3v) is 8.76. The summed E-state index contributed by atoms with van der Waals surface area (Å²) in [5.41, 5.74) is 10.0. The summed E-state index contributed by atoms with van der Waals surface area (Å²) < 4.78 is 10.9. The number of ether oxygens (including phenoxy) is 1. The molecule has 3 aromatic rings. The number of carbonyl (C=O) groups excluding carboxylic acids is 2. The molecule has 1 aromatic heterocycles. The Hall–Kier alpha value is -3.61. The highest BCUT2D eigenvalue weighted by molar-refractivity contribution is 5.95. The first-order chi connectivity index (χ1) is 21.8. The predicted octanol–water partition coefficient (Wildman–Crippen LogP) is 9.58. The number of aromatic nitrogens is 1. The maximum absolute atomic E-state index is 12.7. The number of aryl methyl sites for hydroxylation is 1. The summed E-state index contributed by atoms with van der Waals surface area (Å²) >= 11 is 0. The molecular weight excluding hydrogens is 562 g/mol. The van der Waals surface area contributed by atoms with Crippen LogP contribution < -0.4 is 15.4 Å². The van der Waals surface area contributed by atoms with Gasteiger partial charge in [0.25, 0.3) is 0 Å². The quantitative estimate of drug-likeness (QED) is 0.296. The van der Waals surface area contributed by atoms with E-state index in [9.17, 15) is 9.59 Å². The first kappa shape index (κ1) is 35.9. The highest BCUT2D eigenvalue weighted by atomic mass is 16.5. The monoisotopic (exact) mass is 619 g/mol. The smallest absolute Gasteiger partial charge is 0.229 e. The van der Waals surface area contributed by atoms with E-state index in [1.54, 1.807) is 18.3 Å². The second-order valence-electron chi connectivity index (χ2n) is 12.3. The molecule has 1 heterocycles. The lowest BCUT2D eigenvalue weighted by Gasteiger charge is -2.26. The van der Waals surface area contributed by atoms with E-state index in [1.807, 2.05) is 45.2 Å². The summed E-state index contributed by atoms with van der Waals surface area (Å²) in [4.78, 5) is 28.4. The van der Waals surface area contributed by atoms with Crippen molar-refractivity contribution in [3.05, 3.63) is 65.7 Å². The Balaban J connectivity index is 0.000000288. The van der Waals surface area contributed by atoms with Gasteiger partial charge < -0.3 is 19.8 Å². The maximum Gasteiger partial charge on any atom is 0.229 e. The van der Waals surface area contributed by atoms with Crippen molar-refractivity contribution in [2.45, 2.75) is 117 Å². The second-order valence-corrected chi connectivity index (χ2v) is 12.3. The molecule has 3 aliphatic carbocycles. The highest BCUT2D eigenvalue weighted by Gasteiger charge is 2.29. The molecule has 0 unspecified atom stereocenters. The number of methoxy groups -OCH3 is 1. The van der Waals surface area contributed by atoms with Crippen LogP contribution >= 0.6 is 0 Å². The molecule has 0 radical (unpaired) electrons. The number of rotatable bonds is 6. The first-order valence-electron chi connectivity index (χ1n) is 17.0. The average Bonchev–Trinajstić information content (AvgIpc) is 3.81. The first-order valence-corrected chi connectivity index (χ1v) is 17.0. The zero-order valence-corrected chi connectivity index (χ0v) is 28.4. The standard InChI is InChI=1S/C20H24N2O2.C14H20O.C2H5NO.C2H6.H2/c1-22(20(23)15-6-3-2-4-7-15)17-9-5-8-16(12-17)18-13-24-19(21-18)14-10-11-14;1-11-10-13(8-9-14(11)15-2)12-6-4-3-5-7-12;1-2(3)4;1-2;/h5,8-9,12-15H,2-4,6-7,10-11H2,1H3;8-10,12H,3-7H2,1-2H3;1H3,(H2,3,4);1-2H3;1H. The summed E-state index contributed by atoms with van der Waals surface area (Å²) in [6.45, 7) is 7.44. The normalized spacial score (nSPS) is 16.5. The highest BCUT2D eigenvalue weighted by Crippen LogP contribution is 2.40. The third kappa shape index (κ3) is 11.1. The van der Waals surface area contributed by atoms with E-state index in [-0.39, 0.29) is 19.2 Å². The van der Waals surface area contributed by atoms with Crippen LogP contribution in [0.5, 0.6) is 5.75 Å². The van der Waals surface area contributed by atoms with Crippen LogP contribution in [0.1, 0.15) is 128 Å². The van der Waals surface area contributed by atoms with Crippen LogP contribution in [0, 0.1) is 12.8 Å². The molecule has 2 N–H and O–H groups in total. The van der Waals surface area contributed by atoms with Crippen LogP contribution in [-0.4, -0.2) is 31.0 Å². The Morgan fingerprint density at radius 3 is 2.11 bits per heavy atom. The van der Waals surface area contributed by atoms with Crippen LogP contribution in [0.2, 0.25) is 0 Å². The van der Waals surface area contributed by atoms with Gasteiger partial charge in [0, 0.05) is 38.5 Å². The van der Waals surface area contributed by atoms with E-state index in [2.05, 4.69) is 35.8 Å². The number of hydrogen-bond donors (Lipinski definition) is 1. The number of carbonyl (C=O) groups is 2. The van der Waals surface area contributed by atoms with Crippen molar-refractivity contribution < 1.29 is 20.2 Å². The van der Waals surface area contributed by atoms with Crippen LogP contribution in [0.25, 0.3) is 11.3 Å². The number of oxazole rings is 1. The van der Waals surface area contributed by atoms with Crippen molar-refractivity contribution in [1.29, 1.82) is 0 Å². The number of anilines is 1. The van der Waals surface area contributed by atoms with Gasteiger partial charge in [-0.25, -0.2) is 4.98 Å². The summed E-state index contributed by atoms with van der Waals surface area (Å²) in [6, 6.07) is 14.7. The Kier molecular flexibility index (Phi) is 14.6. The predicted molar refractivity (Wildman–Crippen MR) is 186 cm³/mol. The Morgan fingerprint density at radius 1 is 0.911 bits per heavy atom. The molecule has 3 saturated carbocycles. The largest absolute Gasteiger partial charge is 0.496 e. The average molecular weight is 620 g/mol. The molecule has 248 valence electrons. The summed E-state index contributed by atoms with van der Waals surface area (Å²) in [5, 5.41) is 0. The Labute approximate surface area is 272 Å². The molecule has 3 fully saturated rings. The fourth-order valence-corrected chi connectivity index (χ4v) is 6.15. The lowest BCUT2D eigenvalue weighted by molar-refractivity contribution is -0.123. The number of primary amides is 1. The van der Waals surface area contributed by atoms with Gasteiger partial charge >= 0.3 is 0 Å². The summed E-state index contributed by atoms with van der Waals surface area (Å²) in [7, 11) is 3.62. The topological polar surface area (TPSA) is 98.7 Å². The number of nitrogens with two attached hydrogens (primary N) is 1.